The van der Waals surface area contributed by atoms with Crippen LogP contribution in [0.15, 0.2) is 91.1 Å². The molecule has 0 bridgehead atoms. The van der Waals surface area contributed by atoms with E-state index in [1.807, 2.05) is 30.5 Å². The van der Waals surface area contributed by atoms with Gasteiger partial charge >= 0.3 is 0 Å². The molecule has 0 aliphatic heterocycles. The molecule has 1 heterocycles. The molecule has 4 aromatic rings. The van der Waals surface area contributed by atoms with Gasteiger partial charge in [-0.1, -0.05) is 60.7 Å². The van der Waals surface area contributed by atoms with Crippen molar-refractivity contribution in [2.24, 2.45) is 0 Å². The summed E-state index contributed by atoms with van der Waals surface area (Å²) in [7, 11) is 0. The van der Waals surface area contributed by atoms with Crippen molar-refractivity contribution in [2.75, 3.05) is 5.32 Å². The molecule has 0 saturated carbocycles. The van der Waals surface area contributed by atoms with Crippen molar-refractivity contribution in [1.82, 2.24) is 4.98 Å². The Morgan fingerprint density at radius 2 is 1.39 bits per heavy atom. The van der Waals surface area contributed by atoms with Gasteiger partial charge in [0.05, 0.1) is 17.4 Å². The van der Waals surface area contributed by atoms with E-state index >= 15 is 0 Å². The summed E-state index contributed by atoms with van der Waals surface area (Å²) < 4.78 is 0. The summed E-state index contributed by atoms with van der Waals surface area (Å²) >= 11 is 0. The van der Waals surface area contributed by atoms with Crippen LogP contribution in [-0.2, 0) is 0 Å². The largest absolute Gasteiger partial charge is 0.354 e. The van der Waals surface area contributed by atoms with Crippen LogP contribution in [0.2, 0.25) is 0 Å². The number of hydrogen-bond donors (Lipinski definition) is 1. The molecule has 0 aliphatic carbocycles. The number of aromatic nitrogens is 1. The molecule has 0 aliphatic rings. The van der Waals surface area contributed by atoms with Crippen molar-refractivity contribution in [3.63, 3.8) is 0 Å². The Morgan fingerprint density at radius 1 is 0.609 bits per heavy atom. The van der Waals surface area contributed by atoms with Crippen molar-refractivity contribution in [3.8, 4) is 11.1 Å². The van der Waals surface area contributed by atoms with Crippen LogP contribution in [0.5, 0.6) is 0 Å². The highest BCUT2D eigenvalue weighted by atomic mass is 14.9. The van der Waals surface area contributed by atoms with Gasteiger partial charge in [0, 0.05) is 11.1 Å². The topological polar surface area (TPSA) is 24.9 Å². The lowest BCUT2D eigenvalue weighted by atomic mass is 10.1. The van der Waals surface area contributed by atoms with E-state index in [2.05, 4.69) is 71.0 Å². The van der Waals surface area contributed by atoms with E-state index < -0.39 is 0 Å². The SMILES string of the molecule is c1ccc(-c2cccc(Nc3cnc4ccccc4c3)c2)cc1. The zero-order chi connectivity index (χ0) is 15.5. The Morgan fingerprint density at radius 3 is 2.30 bits per heavy atom. The second-order valence-electron chi connectivity index (χ2n) is 5.49. The van der Waals surface area contributed by atoms with Gasteiger partial charge in [0.2, 0.25) is 0 Å². The molecule has 0 radical (unpaired) electrons. The molecule has 1 N–H and O–H groups in total. The summed E-state index contributed by atoms with van der Waals surface area (Å²) in [6.45, 7) is 0. The highest BCUT2D eigenvalue weighted by Gasteiger charge is 2.01. The molecule has 0 unspecified atom stereocenters. The van der Waals surface area contributed by atoms with Crippen LogP contribution in [0, 0.1) is 0 Å². The molecule has 110 valence electrons. The van der Waals surface area contributed by atoms with Gasteiger partial charge in [-0.3, -0.25) is 4.98 Å². The molecule has 4 rings (SSSR count). The molecule has 0 amide bonds. The van der Waals surface area contributed by atoms with Gasteiger partial charge in [-0.2, -0.15) is 0 Å². The predicted molar refractivity (Wildman–Crippen MR) is 96.9 cm³/mol. The molecule has 2 heteroatoms. The van der Waals surface area contributed by atoms with E-state index in [1.54, 1.807) is 0 Å². The molecular formula is C21H16N2. The van der Waals surface area contributed by atoms with Crippen LogP contribution in [0.3, 0.4) is 0 Å². The first-order valence-electron chi connectivity index (χ1n) is 7.66. The zero-order valence-corrected chi connectivity index (χ0v) is 12.6. The molecule has 0 fully saturated rings. The minimum atomic E-state index is 0.994. The second-order valence-corrected chi connectivity index (χ2v) is 5.49. The van der Waals surface area contributed by atoms with Gasteiger partial charge in [-0.15, -0.1) is 0 Å². The predicted octanol–water partition coefficient (Wildman–Crippen LogP) is 5.65. The van der Waals surface area contributed by atoms with E-state index in [0.717, 1.165) is 22.3 Å². The van der Waals surface area contributed by atoms with E-state index in [4.69, 9.17) is 0 Å². The van der Waals surface area contributed by atoms with Gasteiger partial charge in [0.25, 0.3) is 0 Å². The highest BCUT2D eigenvalue weighted by molar-refractivity contribution is 5.82. The summed E-state index contributed by atoms with van der Waals surface area (Å²) in [4.78, 5) is 4.50. The second kappa shape index (κ2) is 5.93. The van der Waals surface area contributed by atoms with Crippen molar-refractivity contribution < 1.29 is 0 Å². The zero-order valence-electron chi connectivity index (χ0n) is 12.6. The summed E-state index contributed by atoms with van der Waals surface area (Å²) in [5.41, 5.74) is 5.48. The average Bonchev–Trinajstić information content (AvgIpc) is 2.63. The van der Waals surface area contributed by atoms with Crippen molar-refractivity contribution in [1.29, 1.82) is 0 Å². The minimum Gasteiger partial charge on any atom is -0.354 e. The smallest absolute Gasteiger partial charge is 0.0703 e. The number of fused-ring (bicyclic) bond motifs is 1. The van der Waals surface area contributed by atoms with Crippen molar-refractivity contribution in [2.45, 2.75) is 0 Å². The van der Waals surface area contributed by atoms with Gasteiger partial charge in [0.15, 0.2) is 0 Å². The fourth-order valence-corrected chi connectivity index (χ4v) is 2.71. The quantitative estimate of drug-likeness (QED) is 0.528. The highest BCUT2D eigenvalue weighted by Crippen LogP contribution is 2.25. The number of rotatable bonds is 3. The third-order valence-electron chi connectivity index (χ3n) is 3.85. The molecule has 2 nitrogen and oxygen atoms in total. The summed E-state index contributed by atoms with van der Waals surface area (Å²) in [6, 6.07) is 29.1. The number of pyridine rings is 1. The third-order valence-corrected chi connectivity index (χ3v) is 3.85. The lowest BCUT2D eigenvalue weighted by molar-refractivity contribution is 1.39. The summed E-state index contributed by atoms with van der Waals surface area (Å²) in [6.07, 6.45) is 1.87. The standard InChI is InChI=1S/C21H16N2/c1-2-7-16(8-3-1)17-10-6-11-19(13-17)23-20-14-18-9-4-5-12-21(18)22-15-20/h1-15,23H. The maximum Gasteiger partial charge on any atom is 0.0703 e. The molecule has 1 aromatic heterocycles. The maximum atomic E-state index is 4.50. The number of nitrogens with one attached hydrogen (secondary N) is 1. The van der Waals surface area contributed by atoms with Gasteiger partial charge in [-0.25, -0.2) is 0 Å². The number of para-hydroxylation sites is 1. The Labute approximate surface area is 135 Å². The van der Waals surface area contributed by atoms with E-state index in [1.165, 1.54) is 11.1 Å². The van der Waals surface area contributed by atoms with Crippen LogP contribution in [0.25, 0.3) is 22.0 Å². The molecule has 0 spiro atoms. The maximum absolute atomic E-state index is 4.50. The van der Waals surface area contributed by atoms with Gasteiger partial charge in [-0.05, 0) is 35.4 Å². The van der Waals surface area contributed by atoms with Gasteiger partial charge < -0.3 is 5.32 Å². The lowest BCUT2D eigenvalue weighted by Gasteiger charge is -2.09. The van der Waals surface area contributed by atoms with Crippen LogP contribution in [0.1, 0.15) is 0 Å². The minimum absolute atomic E-state index is 0.994. The average molecular weight is 296 g/mol. The van der Waals surface area contributed by atoms with Crippen LogP contribution in [-0.4, -0.2) is 4.98 Å². The Hall–Kier alpha value is -3.13. The Balaban J connectivity index is 1.65. The van der Waals surface area contributed by atoms with E-state index in [9.17, 15) is 0 Å². The fourth-order valence-electron chi connectivity index (χ4n) is 2.71. The molecule has 3 aromatic carbocycles. The van der Waals surface area contributed by atoms with Crippen molar-refractivity contribution in [3.05, 3.63) is 91.1 Å². The molecule has 0 atom stereocenters. The normalized spacial score (nSPS) is 10.6. The number of anilines is 2. The number of nitrogens with zero attached hydrogens (tertiary/aromatic N) is 1. The monoisotopic (exact) mass is 296 g/mol. The Kier molecular flexibility index (Phi) is 3.49. The first-order valence-corrected chi connectivity index (χ1v) is 7.66. The summed E-state index contributed by atoms with van der Waals surface area (Å²) in [5.74, 6) is 0. The third kappa shape index (κ3) is 2.92. The number of benzene rings is 3. The molecule has 0 saturated heterocycles. The van der Waals surface area contributed by atoms with E-state index in [0.29, 0.717) is 0 Å². The van der Waals surface area contributed by atoms with Gasteiger partial charge in [0.1, 0.15) is 0 Å². The van der Waals surface area contributed by atoms with Crippen LogP contribution < -0.4 is 5.32 Å². The number of hydrogen-bond acceptors (Lipinski definition) is 2. The Bertz CT molecular complexity index is 946. The molecule has 23 heavy (non-hydrogen) atoms. The lowest BCUT2D eigenvalue weighted by Crippen LogP contribution is -1.92. The summed E-state index contributed by atoms with van der Waals surface area (Å²) in [5, 5.41) is 4.58. The fraction of sp³-hybridized carbons (Fsp3) is 0. The van der Waals surface area contributed by atoms with Crippen LogP contribution >= 0.6 is 0 Å². The van der Waals surface area contributed by atoms with Crippen LogP contribution in [0.4, 0.5) is 11.4 Å². The van der Waals surface area contributed by atoms with E-state index in [-0.39, 0.29) is 0 Å². The first-order chi connectivity index (χ1) is 11.4. The first kappa shape index (κ1) is 13.5. The molecular weight excluding hydrogens is 280 g/mol. The van der Waals surface area contributed by atoms with Crippen molar-refractivity contribution >= 4 is 22.3 Å².